The zero-order chi connectivity index (χ0) is 20.6. The minimum Gasteiger partial charge on any atom is -0.490 e. The van der Waals surface area contributed by atoms with Crippen LogP contribution >= 0.6 is 0 Å². The fourth-order valence-corrected chi connectivity index (χ4v) is 3.45. The molecule has 0 aromatic heterocycles. The molecule has 29 heavy (non-hydrogen) atoms. The van der Waals surface area contributed by atoms with Crippen molar-refractivity contribution in [2.75, 3.05) is 13.2 Å². The minimum atomic E-state index is -0.956. The van der Waals surface area contributed by atoms with Gasteiger partial charge in [0.2, 0.25) is 5.82 Å². The predicted molar refractivity (Wildman–Crippen MR) is 109 cm³/mol. The summed E-state index contributed by atoms with van der Waals surface area (Å²) in [6, 6.07) is 11.6. The third-order valence-electron chi connectivity index (χ3n) is 5.40. The lowest BCUT2D eigenvalue weighted by atomic mass is 9.92. The normalized spacial score (nSPS) is 19.3. The Morgan fingerprint density at radius 1 is 1.00 bits per heavy atom. The van der Waals surface area contributed by atoms with E-state index >= 15 is 0 Å². The second-order valence-electron chi connectivity index (χ2n) is 7.50. The number of hydrogen-bond acceptors (Lipinski definition) is 3. The second-order valence-corrected chi connectivity index (χ2v) is 7.50. The molecule has 2 unspecified atom stereocenters. The van der Waals surface area contributed by atoms with Crippen LogP contribution in [0.15, 0.2) is 36.4 Å². The van der Waals surface area contributed by atoms with E-state index in [-0.39, 0.29) is 17.9 Å². The summed E-state index contributed by atoms with van der Waals surface area (Å²) in [5, 5.41) is 0. The van der Waals surface area contributed by atoms with E-state index in [1.54, 1.807) is 0 Å². The van der Waals surface area contributed by atoms with Crippen LogP contribution in [0.1, 0.15) is 62.1 Å². The van der Waals surface area contributed by atoms with E-state index in [2.05, 4.69) is 31.2 Å². The van der Waals surface area contributed by atoms with Gasteiger partial charge in [0.25, 0.3) is 0 Å². The molecule has 5 heteroatoms. The van der Waals surface area contributed by atoms with Crippen LogP contribution in [0, 0.1) is 11.6 Å². The Morgan fingerprint density at radius 3 is 2.45 bits per heavy atom. The summed E-state index contributed by atoms with van der Waals surface area (Å²) in [4.78, 5) is 0. The van der Waals surface area contributed by atoms with Gasteiger partial charge in [-0.05, 0) is 48.9 Å². The largest absolute Gasteiger partial charge is 0.490 e. The van der Waals surface area contributed by atoms with Crippen molar-refractivity contribution in [3.8, 4) is 5.75 Å². The number of benzene rings is 2. The molecule has 0 amide bonds. The molecule has 3 nitrogen and oxygen atoms in total. The Morgan fingerprint density at radius 2 is 1.79 bits per heavy atom. The molecular weight excluding hydrogens is 374 g/mol. The Hall–Kier alpha value is -1.98. The zero-order valence-electron chi connectivity index (χ0n) is 17.3. The molecule has 0 bridgehead atoms. The van der Waals surface area contributed by atoms with Crippen LogP contribution in [-0.4, -0.2) is 19.5 Å². The maximum absolute atomic E-state index is 14.3. The lowest BCUT2D eigenvalue weighted by Crippen LogP contribution is -2.27. The molecule has 2 aromatic carbocycles. The van der Waals surface area contributed by atoms with E-state index in [4.69, 9.17) is 14.2 Å². The van der Waals surface area contributed by atoms with Crippen molar-refractivity contribution in [3.05, 3.63) is 64.7 Å². The lowest BCUT2D eigenvalue weighted by molar-refractivity contribution is -0.174. The first-order valence-corrected chi connectivity index (χ1v) is 10.5. The highest BCUT2D eigenvalue weighted by Gasteiger charge is 2.24. The van der Waals surface area contributed by atoms with E-state index in [0.29, 0.717) is 19.1 Å². The van der Waals surface area contributed by atoms with E-state index < -0.39 is 17.9 Å². The quantitative estimate of drug-likeness (QED) is 0.470. The monoisotopic (exact) mass is 404 g/mol. The molecule has 3 rings (SSSR count). The first-order valence-electron chi connectivity index (χ1n) is 10.5. The van der Waals surface area contributed by atoms with Crippen LogP contribution < -0.4 is 4.74 Å². The molecule has 0 spiro atoms. The maximum atomic E-state index is 14.3. The van der Waals surface area contributed by atoms with E-state index in [0.717, 1.165) is 32.1 Å². The highest BCUT2D eigenvalue weighted by Crippen LogP contribution is 2.30. The van der Waals surface area contributed by atoms with Gasteiger partial charge in [0.05, 0.1) is 19.8 Å². The van der Waals surface area contributed by atoms with Crippen LogP contribution in [0.5, 0.6) is 5.75 Å². The SMILES string of the molecule is CCCCOc1ccc(COC2CCC(c3ccc(CC)cc3)CO2)c(F)c1F. The summed E-state index contributed by atoms with van der Waals surface area (Å²) in [5.41, 5.74) is 2.77. The Kier molecular flexibility index (Phi) is 8.01. The first kappa shape index (κ1) is 21.7. The van der Waals surface area contributed by atoms with Gasteiger partial charge in [0.1, 0.15) is 0 Å². The molecular formula is C24H30F2O3. The number of hydrogen-bond donors (Lipinski definition) is 0. The number of unbranched alkanes of at least 4 members (excludes halogenated alkanes) is 1. The minimum absolute atomic E-state index is 0.0292. The molecule has 1 fully saturated rings. The number of aryl methyl sites for hydroxylation is 1. The molecule has 0 aliphatic carbocycles. The fraction of sp³-hybridized carbons (Fsp3) is 0.500. The van der Waals surface area contributed by atoms with Crippen molar-refractivity contribution in [2.45, 2.75) is 64.8 Å². The molecule has 2 atom stereocenters. The van der Waals surface area contributed by atoms with Crippen LogP contribution in [0.2, 0.25) is 0 Å². The van der Waals surface area contributed by atoms with Gasteiger partial charge < -0.3 is 14.2 Å². The molecule has 158 valence electrons. The molecule has 0 saturated carbocycles. The van der Waals surface area contributed by atoms with Crippen molar-refractivity contribution < 1.29 is 23.0 Å². The van der Waals surface area contributed by atoms with E-state index in [1.807, 2.05) is 6.92 Å². The third kappa shape index (κ3) is 5.77. The number of ether oxygens (including phenoxy) is 3. The van der Waals surface area contributed by atoms with Gasteiger partial charge in [-0.2, -0.15) is 4.39 Å². The van der Waals surface area contributed by atoms with Crippen LogP contribution in [0.25, 0.3) is 0 Å². The van der Waals surface area contributed by atoms with Gasteiger partial charge in [0, 0.05) is 11.5 Å². The predicted octanol–water partition coefficient (Wildman–Crippen LogP) is 6.14. The van der Waals surface area contributed by atoms with Crippen molar-refractivity contribution in [1.29, 1.82) is 0 Å². The molecule has 1 saturated heterocycles. The number of halogens is 2. The standard InChI is InChI=1S/C24H30F2O3/c1-3-5-14-27-21-12-10-20(23(25)24(21)26)16-29-22-13-11-19(15-28-22)18-8-6-17(4-2)7-9-18/h6-10,12,19,22H,3-5,11,13-16H2,1-2H3. The highest BCUT2D eigenvalue weighted by atomic mass is 19.2. The number of rotatable bonds is 9. The van der Waals surface area contributed by atoms with Gasteiger partial charge in [-0.1, -0.05) is 44.5 Å². The van der Waals surface area contributed by atoms with Gasteiger partial charge in [-0.15, -0.1) is 0 Å². The smallest absolute Gasteiger partial charge is 0.200 e. The average Bonchev–Trinajstić information content (AvgIpc) is 2.77. The Balaban J connectivity index is 1.49. The van der Waals surface area contributed by atoms with Crippen LogP contribution in [0.4, 0.5) is 8.78 Å². The highest BCUT2D eigenvalue weighted by molar-refractivity contribution is 5.31. The van der Waals surface area contributed by atoms with Gasteiger partial charge in [-0.3, -0.25) is 0 Å². The summed E-state index contributed by atoms with van der Waals surface area (Å²) in [5.74, 6) is -1.58. The summed E-state index contributed by atoms with van der Waals surface area (Å²) in [6.45, 7) is 5.07. The first-order chi connectivity index (χ1) is 14.1. The van der Waals surface area contributed by atoms with Crippen molar-refractivity contribution in [2.24, 2.45) is 0 Å². The van der Waals surface area contributed by atoms with E-state index in [9.17, 15) is 8.78 Å². The lowest BCUT2D eigenvalue weighted by Gasteiger charge is -2.29. The molecule has 0 radical (unpaired) electrons. The summed E-state index contributed by atoms with van der Waals surface area (Å²) >= 11 is 0. The third-order valence-corrected chi connectivity index (χ3v) is 5.40. The van der Waals surface area contributed by atoms with Gasteiger partial charge in [0.15, 0.2) is 17.9 Å². The van der Waals surface area contributed by atoms with Gasteiger partial charge >= 0.3 is 0 Å². The van der Waals surface area contributed by atoms with Crippen molar-refractivity contribution in [3.63, 3.8) is 0 Å². The molecule has 0 N–H and O–H groups in total. The topological polar surface area (TPSA) is 27.7 Å². The van der Waals surface area contributed by atoms with E-state index in [1.165, 1.54) is 23.3 Å². The van der Waals surface area contributed by atoms with Crippen LogP contribution in [-0.2, 0) is 22.5 Å². The van der Waals surface area contributed by atoms with Crippen LogP contribution in [0.3, 0.4) is 0 Å². The maximum Gasteiger partial charge on any atom is 0.200 e. The molecule has 2 aromatic rings. The molecule has 1 aliphatic heterocycles. The van der Waals surface area contributed by atoms with Gasteiger partial charge in [-0.25, -0.2) is 4.39 Å². The zero-order valence-corrected chi connectivity index (χ0v) is 17.3. The molecule has 1 heterocycles. The second kappa shape index (κ2) is 10.7. The van der Waals surface area contributed by atoms with Crippen molar-refractivity contribution >= 4 is 0 Å². The summed E-state index contributed by atoms with van der Waals surface area (Å²) in [6.07, 6.45) is 4.03. The Labute approximate surface area is 172 Å². The fourth-order valence-electron chi connectivity index (χ4n) is 3.45. The average molecular weight is 404 g/mol. The summed E-state index contributed by atoms with van der Waals surface area (Å²) < 4.78 is 45.3. The van der Waals surface area contributed by atoms with Crippen molar-refractivity contribution in [1.82, 2.24) is 0 Å². The molecule has 1 aliphatic rings. The Bertz CT molecular complexity index is 768. The summed E-state index contributed by atoms with van der Waals surface area (Å²) in [7, 11) is 0.